The van der Waals surface area contributed by atoms with Gasteiger partial charge < -0.3 is 14.5 Å². The van der Waals surface area contributed by atoms with Crippen LogP contribution in [0.15, 0.2) is 0 Å². The van der Waals surface area contributed by atoms with Crippen LogP contribution >= 0.6 is 0 Å². The minimum atomic E-state index is -0.0133. The van der Waals surface area contributed by atoms with Crippen LogP contribution in [0.5, 0.6) is 0 Å². The van der Waals surface area contributed by atoms with E-state index in [9.17, 15) is 4.79 Å². The van der Waals surface area contributed by atoms with Crippen molar-refractivity contribution in [2.45, 2.75) is 64.2 Å². The van der Waals surface area contributed by atoms with Crippen molar-refractivity contribution in [1.29, 1.82) is 0 Å². The van der Waals surface area contributed by atoms with Gasteiger partial charge in [0.05, 0.1) is 17.9 Å². The zero-order chi connectivity index (χ0) is 18.4. The highest BCUT2D eigenvalue weighted by molar-refractivity contribution is 5.94. The fourth-order valence-electron chi connectivity index (χ4n) is 4.60. The topological polar surface area (TPSA) is 50.6 Å². The van der Waals surface area contributed by atoms with Gasteiger partial charge in [0.1, 0.15) is 0 Å². The van der Waals surface area contributed by atoms with Crippen LogP contribution in [0.3, 0.4) is 0 Å². The van der Waals surface area contributed by atoms with Crippen LogP contribution in [-0.4, -0.2) is 64.3 Å². The molecule has 0 bridgehead atoms. The van der Waals surface area contributed by atoms with Gasteiger partial charge >= 0.3 is 0 Å². The molecule has 0 radical (unpaired) electrons. The number of carbonyl (C=O) groups is 1. The van der Waals surface area contributed by atoms with E-state index in [-0.39, 0.29) is 23.7 Å². The third-order valence-electron chi connectivity index (χ3n) is 6.30. The van der Waals surface area contributed by atoms with E-state index >= 15 is 0 Å². The predicted octanol–water partition coefficient (Wildman–Crippen LogP) is 2.39. The van der Waals surface area contributed by atoms with E-state index in [1.54, 1.807) is 0 Å². The fraction of sp³-hybridized carbons (Fsp3) is 0.789. The average Bonchev–Trinajstić information content (AvgIpc) is 2.90. The number of fused-ring (bicyclic) bond motifs is 1. The molecule has 2 atom stereocenters. The van der Waals surface area contributed by atoms with Crippen molar-refractivity contribution in [3.8, 4) is 0 Å². The molecule has 140 valence electrons. The van der Waals surface area contributed by atoms with E-state index in [1.165, 1.54) is 0 Å². The van der Waals surface area contributed by atoms with E-state index in [1.807, 2.05) is 23.6 Å². The molecule has 3 rings (SSSR count). The lowest BCUT2D eigenvalue weighted by Gasteiger charge is -2.45. The first-order chi connectivity index (χ1) is 11.8. The standard InChI is InChI=1S/C19H32N4O2/c1-7-19(21(4)5)8-10-23(11-9-19)18(24)16-15-12-13(2)25-14(3)17(15)22(6)20-16/h13-14H,7-12H2,1-6H3/t13-,14+/m0/s1. The van der Waals surface area contributed by atoms with Crippen molar-refractivity contribution in [1.82, 2.24) is 19.6 Å². The Kier molecular flexibility index (Phi) is 4.95. The Bertz CT molecular complexity index is 644. The van der Waals surface area contributed by atoms with Crippen LogP contribution in [0.25, 0.3) is 0 Å². The smallest absolute Gasteiger partial charge is 0.274 e. The molecule has 0 aromatic carbocycles. The number of carbonyl (C=O) groups excluding carboxylic acids is 1. The summed E-state index contributed by atoms with van der Waals surface area (Å²) in [6.45, 7) is 7.96. The molecule has 1 aromatic rings. The number of nitrogens with zero attached hydrogens (tertiary/aromatic N) is 4. The molecule has 0 saturated carbocycles. The van der Waals surface area contributed by atoms with Gasteiger partial charge in [-0.15, -0.1) is 0 Å². The lowest BCUT2D eigenvalue weighted by Crippen LogP contribution is -2.53. The van der Waals surface area contributed by atoms with Crippen molar-refractivity contribution in [3.05, 3.63) is 17.0 Å². The molecule has 0 N–H and O–H groups in total. The number of hydrogen-bond donors (Lipinski definition) is 0. The Morgan fingerprint density at radius 1 is 1.32 bits per heavy atom. The van der Waals surface area contributed by atoms with Crippen molar-refractivity contribution >= 4 is 5.91 Å². The van der Waals surface area contributed by atoms with E-state index in [0.29, 0.717) is 5.69 Å². The molecule has 1 saturated heterocycles. The monoisotopic (exact) mass is 348 g/mol. The largest absolute Gasteiger partial charge is 0.369 e. The van der Waals surface area contributed by atoms with Gasteiger partial charge in [-0.05, 0) is 47.2 Å². The number of ether oxygens (including phenoxy) is 1. The minimum Gasteiger partial charge on any atom is -0.369 e. The van der Waals surface area contributed by atoms with Gasteiger partial charge in [-0.25, -0.2) is 0 Å². The maximum atomic E-state index is 13.2. The molecule has 0 aliphatic carbocycles. The summed E-state index contributed by atoms with van der Waals surface area (Å²) in [6.07, 6.45) is 4.04. The molecule has 25 heavy (non-hydrogen) atoms. The maximum Gasteiger partial charge on any atom is 0.274 e. The summed E-state index contributed by atoms with van der Waals surface area (Å²) in [5.41, 5.74) is 2.98. The number of rotatable bonds is 3. The van der Waals surface area contributed by atoms with Gasteiger partial charge in [-0.3, -0.25) is 9.48 Å². The van der Waals surface area contributed by atoms with Gasteiger partial charge in [0, 0.05) is 37.7 Å². The summed E-state index contributed by atoms with van der Waals surface area (Å²) < 4.78 is 7.74. The molecule has 6 nitrogen and oxygen atoms in total. The Morgan fingerprint density at radius 2 is 1.96 bits per heavy atom. The first kappa shape index (κ1) is 18.4. The second-order valence-corrected chi connectivity index (χ2v) is 7.89. The molecule has 0 unspecified atom stereocenters. The van der Waals surface area contributed by atoms with Crippen molar-refractivity contribution in [2.75, 3.05) is 27.2 Å². The Morgan fingerprint density at radius 3 is 2.52 bits per heavy atom. The molecule has 2 aliphatic rings. The average molecular weight is 348 g/mol. The number of piperidine rings is 1. The zero-order valence-electron chi connectivity index (χ0n) is 16.5. The summed E-state index contributed by atoms with van der Waals surface area (Å²) in [5.74, 6) is 0.0848. The van der Waals surface area contributed by atoms with E-state index in [2.05, 4.69) is 37.9 Å². The van der Waals surface area contributed by atoms with Crippen molar-refractivity contribution < 1.29 is 9.53 Å². The molecular formula is C19H32N4O2. The molecule has 2 aliphatic heterocycles. The predicted molar refractivity (Wildman–Crippen MR) is 97.7 cm³/mol. The lowest BCUT2D eigenvalue weighted by molar-refractivity contribution is -0.00910. The SMILES string of the molecule is CCC1(N(C)C)CCN(C(=O)c2nn(C)c3c2C[C@H](C)O[C@@H]3C)CC1. The molecule has 1 amide bonds. The van der Waals surface area contributed by atoms with Gasteiger partial charge in [0.25, 0.3) is 5.91 Å². The van der Waals surface area contributed by atoms with Gasteiger partial charge in [0.2, 0.25) is 0 Å². The Balaban J connectivity index is 1.81. The lowest BCUT2D eigenvalue weighted by atomic mass is 9.83. The number of aromatic nitrogens is 2. The Labute approximate surface area is 151 Å². The summed E-state index contributed by atoms with van der Waals surface area (Å²) in [5, 5.41) is 4.58. The number of likely N-dealkylation sites (tertiary alicyclic amines) is 1. The first-order valence-corrected chi connectivity index (χ1v) is 9.47. The highest BCUT2D eigenvalue weighted by atomic mass is 16.5. The second kappa shape index (κ2) is 6.72. The van der Waals surface area contributed by atoms with Gasteiger partial charge in [0.15, 0.2) is 5.69 Å². The van der Waals surface area contributed by atoms with Crippen LogP contribution in [-0.2, 0) is 18.2 Å². The maximum absolute atomic E-state index is 13.2. The summed E-state index contributed by atoms with van der Waals surface area (Å²) >= 11 is 0. The molecule has 1 aromatic heterocycles. The van der Waals surface area contributed by atoms with Crippen LogP contribution < -0.4 is 0 Å². The van der Waals surface area contributed by atoms with Gasteiger partial charge in [-0.1, -0.05) is 6.92 Å². The highest BCUT2D eigenvalue weighted by Gasteiger charge is 2.38. The minimum absolute atomic E-state index is 0.0133. The van der Waals surface area contributed by atoms with Crippen molar-refractivity contribution in [2.24, 2.45) is 7.05 Å². The van der Waals surface area contributed by atoms with Crippen LogP contribution in [0.2, 0.25) is 0 Å². The Hall–Kier alpha value is -1.40. The third kappa shape index (κ3) is 3.10. The van der Waals surface area contributed by atoms with Crippen LogP contribution in [0.4, 0.5) is 0 Å². The van der Waals surface area contributed by atoms with Gasteiger partial charge in [-0.2, -0.15) is 5.10 Å². The van der Waals surface area contributed by atoms with Crippen LogP contribution in [0, 0.1) is 0 Å². The molecule has 3 heterocycles. The summed E-state index contributed by atoms with van der Waals surface area (Å²) in [7, 11) is 6.22. The molecule has 1 fully saturated rings. The number of aryl methyl sites for hydroxylation is 1. The van der Waals surface area contributed by atoms with E-state index < -0.39 is 0 Å². The molecular weight excluding hydrogens is 316 g/mol. The highest BCUT2D eigenvalue weighted by Crippen LogP contribution is 2.34. The fourth-order valence-corrected chi connectivity index (χ4v) is 4.60. The second-order valence-electron chi connectivity index (χ2n) is 7.89. The summed E-state index contributed by atoms with van der Waals surface area (Å²) in [6, 6.07) is 0. The molecule has 6 heteroatoms. The van der Waals surface area contributed by atoms with E-state index in [0.717, 1.165) is 50.0 Å². The van der Waals surface area contributed by atoms with E-state index in [4.69, 9.17) is 4.74 Å². The molecule has 0 spiro atoms. The quantitative estimate of drug-likeness (QED) is 0.842. The summed E-state index contributed by atoms with van der Waals surface area (Å²) in [4.78, 5) is 17.5. The number of hydrogen-bond acceptors (Lipinski definition) is 4. The van der Waals surface area contributed by atoms with Crippen molar-refractivity contribution in [3.63, 3.8) is 0 Å². The third-order valence-corrected chi connectivity index (χ3v) is 6.30. The number of amides is 1. The normalized spacial score (nSPS) is 26.0. The first-order valence-electron chi connectivity index (χ1n) is 9.47. The zero-order valence-corrected chi connectivity index (χ0v) is 16.5. The van der Waals surface area contributed by atoms with Crippen LogP contribution in [0.1, 0.15) is 67.9 Å².